The predicted octanol–water partition coefficient (Wildman–Crippen LogP) is 5.09. The number of rotatable bonds is 4. The van der Waals surface area contributed by atoms with Crippen LogP contribution in [0.3, 0.4) is 0 Å². The number of aryl methyl sites for hydroxylation is 1. The molecule has 0 aliphatic rings. The molecule has 0 atom stereocenters. The van der Waals surface area contributed by atoms with Gasteiger partial charge in [-0.05, 0) is 44.2 Å². The van der Waals surface area contributed by atoms with Gasteiger partial charge in [-0.1, -0.05) is 23.2 Å². The first-order chi connectivity index (χ1) is 9.45. The summed E-state index contributed by atoms with van der Waals surface area (Å²) in [5.41, 5.74) is 1.30. The summed E-state index contributed by atoms with van der Waals surface area (Å²) in [6, 6.07) is 8.48. The lowest BCUT2D eigenvalue weighted by Crippen LogP contribution is -2.01. The Labute approximate surface area is 127 Å². The summed E-state index contributed by atoms with van der Waals surface area (Å²) in [7, 11) is 0. The molecule has 3 nitrogen and oxygen atoms in total. The van der Waals surface area contributed by atoms with E-state index in [-0.39, 0.29) is 5.78 Å². The van der Waals surface area contributed by atoms with E-state index in [1.807, 2.05) is 0 Å². The molecule has 1 aromatic heterocycles. The normalized spacial score (nSPS) is 11.5. The van der Waals surface area contributed by atoms with Crippen molar-refractivity contribution in [2.45, 2.75) is 13.8 Å². The standard InChI is InChI=1S/C15H13Cl2NO2/c1-9(7-14(19)15-6-3-10(2)20-15)18-13-8-11(16)4-5-12(13)17/h3-8,18H,1-2H3/b9-7+. The minimum atomic E-state index is -0.207. The number of hydrogen-bond donors (Lipinski definition) is 1. The molecule has 0 saturated heterocycles. The van der Waals surface area contributed by atoms with Crippen molar-refractivity contribution in [1.29, 1.82) is 0 Å². The molecule has 1 N–H and O–H groups in total. The largest absolute Gasteiger partial charge is 0.458 e. The molecular weight excluding hydrogens is 297 g/mol. The van der Waals surface area contributed by atoms with E-state index in [0.717, 1.165) is 0 Å². The molecule has 104 valence electrons. The molecule has 0 saturated carbocycles. The molecular formula is C15H13Cl2NO2. The molecule has 0 unspecified atom stereocenters. The molecule has 1 heterocycles. The van der Waals surface area contributed by atoms with Gasteiger partial charge < -0.3 is 9.73 Å². The van der Waals surface area contributed by atoms with Crippen molar-refractivity contribution in [2.24, 2.45) is 0 Å². The van der Waals surface area contributed by atoms with E-state index in [4.69, 9.17) is 27.6 Å². The van der Waals surface area contributed by atoms with Crippen LogP contribution >= 0.6 is 23.2 Å². The maximum atomic E-state index is 11.9. The highest BCUT2D eigenvalue weighted by Gasteiger charge is 2.08. The van der Waals surface area contributed by atoms with Crippen LogP contribution in [0.2, 0.25) is 10.0 Å². The van der Waals surface area contributed by atoms with E-state index < -0.39 is 0 Å². The molecule has 20 heavy (non-hydrogen) atoms. The van der Waals surface area contributed by atoms with Crippen molar-refractivity contribution in [1.82, 2.24) is 0 Å². The average Bonchev–Trinajstić information content (AvgIpc) is 2.80. The Morgan fingerprint density at radius 3 is 2.65 bits per heavy atom. The fraction of sp³-hybridized carbons (Fsp3) is 0.133. The van der Waals surface area contributed by atoms with E-state index in [9.17, 15) is 4.79 Å². The van der Waals surface area contributed by atoms with E-state index in [1.54, 1.807) is 44.2 Å². The summed E-state index contributed by atoms with van der Waals surface area (Å²) >= 11 is 11.9. The molecule has 0 fully saturated rings. The zero-order valence-corrected chi connectivity index (χ0v) is 12.5. The van der Waals surface area contributed by atoms with Gasteiger partial charge in [-0.2, -0.15) is 0 Å². The highest BCUT2D eigenvalue weighted by Crippen LogP contribution is 2.26. The van der Waals surface area contributed by atoms with Crippen molar-refractivity contribution in [3.8, 4) is 0 Å². The van der Waals surface area contributed by atoms with Crippen LogP contribution in [-0.4, -0.2) is 5.78 Å². The molecule has 2 aromatic rings. The third-order valence-corrected chi connectivity index (χ3v) is 3.16. The SMILES string of the molecule is C/C(=C\C(=O)c1ccc(C)o1)Nc1cc(Cl)ccc1Cl. The Morgan fingerprint density at radius 2 is 2.00 bits per heavy atom. The smallest absolute Gasteiger partial charge is 0.222 e. The third-order valence-electron chi connectivity index (χ3n) is 2.59. The number of allylic oxidation sites excluding steroid dienone is 2. The Hall–Kier alpha value is -1.71. The molecule has 0 aliphatic heterocycles. The molecule has 0 radical (unpaired) electrons. The number of nitrogens with one attached hydrogen (secondary N) is 1. The summed E-state index contributed by atoms with van der Waals surface area (Å²) in [6.45, 7) is 3.56. The van der Waals surface area contributed by atoms with Gasteiger partial charge >= 0.3 is 0 Å². The van der Waals surface area contributed by atoms with Gasteiger partial charge in [0.15, 0.2) is 5.76 Å². The minimum absolute atomic E-state index is 0.207. The van der Waals surface area contributed by atoms with E-state index in [2.05, 4.69) is 5.32 Å². The summed E-state index contributed by atoms with van der Waals surface area (Å²) in [4.78, 5) is 11.9. The Bertz CT molecular complexity index is 674. The second-order valence-corrected chi connectivity index (χ2v) is 5.19. The van der Waals surface area contributed by atoms with Crippen LogP contribution in [-0.2, 0) is 0 Å². The molecule has 0 bridgehead atoms. The first kappa shape index (κ1) is 14.7. The van der Waals surface area contributed by atoms with Gasteiger partial charge in [-0.3, -0.25) is 4.79 Å². The molecule has 0 aliphatic carbocycles. The molecule has 5 heteroatoms. The summed E-state index contributed by atoms with van der Waals surface area (Å²) in [6.07, 6.45) is 1.45. The van der Waals surface area contributed by atoms with Crippen LogP contribution in [0.5, 0.6) is 0 Å². The van der Waals surface area contributed by atoms with Gasteiger partial charge in [0, 0.05) is 16.8 Å². The lowest BCUT2D eigenvalue weighted by atomic mass is 10.2. The zero-order valence-electron chi connectivity index (χ0n) is 11.0. The fourth-order valence-electron chi connectivity index (χ4n) is 1.68. The number of benzene rings is 1. The van der Waals surface area contributed by atoms with Crippen molar-refractivity contribution in [2.75, 3.05) is 5.32 Å². The van der Waals surface area contributed by atoms with Crippen LogP contribution in [0.4, 0.5) is 5.69 Å². The predicted molar refractivity (Wildman–Crippen MR) is 81.6 cm³/mol. The van der Waals surface area contributed by atoms with Crippen molar-refractivity contribution in [3.05, 3.63) is 63.7 Å². The van der Waals surface area contributed by atoms with Gasteiger partial charge in [-0.25, -0.2) is 0 Å². The maximum Gasteiger partial charge on any atom is 0.222 e. The zero-order chi connectivity index (χ0) is 14.7. The van der Waals surface area contributed by atoms with E-state index in [0.29, 0.717) is 33.0 Å². The summed E-state index contributed by atoms with van der Waals surface area (Å²) in [5, 5.41) is 4.14. The molecule has 1 aromatic carbocycles. The lowest BCUT2D eigenvalue weighted by Gasteiger charge is -2.08. The van der Waals surface area contributed by atoms with E-state index in [1.165, 1.54) is 6.08 Å². The van der Waals surface area contributed by atoms with Crippen LogP contribution in [0.15, 0.2) is 46.5 Å². The van der Waals surface area contributed by atoms with Crippen molar-refractivity contribution < 1.29 is 9.21 Å². The third kappa shape index (κ3) is 3.65. The number of anilines is 1. The fourth-order valence-corrected chi connectivity index (χ4v) is 2.01. The monoisotopic (exact) mass is 309 g/mol. The number of carbonyl (C=O) groups excluding carboxylic acids is 1. The second-order valence-electron chi connectivity index (χ2n) is 4.35. The molecule has 2 rings (SSSR count). The van der Waals surface area contributed by atoms with Crippen molar-refractivity contribution >= 4 is 34.7 Å². The Morgan fingerprint density at radius 1 is 1.25 bits per heavy atom. The van der Waals surface area contributed by atoms with Gasteiger partial charge in [0.2, 0.25) is 5.78 Å². The van der Waals surface area contributed by atoms with E-state index >= 15 is 0 Å². The quantitative estimate of drug-likeness (QED) is 0.631. The van der Waals surface area contributed by atoms with Gasteiger partial charge in [0.1, 0.15) is 5.76 Å². The summed E-state index contributed by atoms with van der Waals surface area (Å²) < 4.78 is 5.27. The number of ketones is 1. The number of halogens is 2. The van der Waals surface area contributed by atoms with Crippen LogP contribution in [0.1, 0.15) is 23.2 Å². The highest BCUT2D eigenvalue weighted by molar-refractivity contribution is 6.35. The Kier molecular flexibility index (Phi) is 4.53. The Balaban J connectivity index is 2.15. The lowest BCUT2D eigenvalue weighted by molar-refractivity contribution is 0.102. The maximum absolute atomic E-state index is 11.9. The topological polar surface area (TPSA) is 42.2 Å². The first-order valence-corrected chi connectivity index (χ1v) is 6.72. The summed E-state index contributed by atoms with van der Waals surface area (Å²) in [5.74, 6) is 0.798. The first-order valence-electron chi connectivity index (χ1n) is 5.97. The van der Waals surface area contributed by atoms with Gasteiger partial charge in [0.05, 0.1) is 10.7 Å². The highest BCUT2D eigenvalue weighted by atomic mass is 35.5. The average molecular weight is 310 g/mol. The number of furan rings is 1. The van der Waals surface area contributed by atoms with Gasteiger partial charge in [-0.15, -0.1) is 0 Å². The number of carbonyl (C=O) groups is 1. The van der Waals surface area contributed by atoms with Gasteiger partial charge in [0.25, 0.3) is 0 Å². The van der Waals surface area contributed by atoms with Crippen LogP contribution < -0.4 is 5.32 Å². The van der Waals surface area contributed by atoms with Crippen LogP contribution in [0, 0.1) is 6.92 Å². The minimum Gasteiger partial charge on any atom is -0.458 e. The second kappa shape index (κ2) is 6.16. The molecule has 0 amide bonds. The van der Waals surface area contributed by atoms with Crippen molar-refractivity contribution in [3.63, 3.8) is 0 Å². The van der Waals surface area contributed by atoms with Crippen LogP contribution in [0.25, 0.3) is 0 Å². The number of hydrogen-bond acceptors (Lipinski definition) is 3. The molecule has 0 spiro atoms.